The van der Waals surface area contributed by atoms with Gasteiger partial charge in [-0.1, -0.05) is 77.3 Å². The molecule has 0 N–H and O–H groups in total. The monoisotopic (exact) mass is 551 g/mol. The lowest BCUT2D eigenvalue weighted by Crippen LogP contribution is -2.45. The van der Waals surface area contributed by atoms with Crippen molar-refractivity contribution in [1.82, 2.24) is 4.90 Å². The summed E-state index contributed by atoms with van der Waals surface area (Å²) < 4.78 is 23.4. The minimum absolute atomic E-state index is 0.0214. The molecule has 196 valence electrons. The number of ether oxygens (including phenoxy) is 2. The Hall–Kier alpha value is -3.38. The van der Waals surface area contributed by atoms with E-state index in [2.05, 4.69) is 0 Å². The van der Waals surface area contributed by atoms with Gasteiger partial charge in [-0.25, -0.2) is 4.39 Å². The summed E-state index contributed by atoms with van der Waals surface area (Å²) in [4.78, 5) is 14.8. The zero-order valence-corrected chi connectivity index (χ0v) is 22.6. The van der Waals surface area contributed by atoms with Gasteiger partial charge in [0.15, 0.2) is 0 Å². The first-order chi connectivity index (χ1) is 18.3. The van der Waals surface area contributed by atoms with Gasteiger partial charge in [-0.3, -0.25) is 4.79 Å². The lowest BCUT2D eigenvalue weighted by molar-refractivity contribution is -0.159. The average molecular weight is 552 g/mol. The van der Waals surface area contributed by atoms with E-state index in [-0.39, 0.29) is 30.5 Å². The first-order valence-corrected chi connectivity index (χ1v) is 12.9. The van der Waals surface area contributed by atoms with Crippen LogP contribution in [-0.2, 0) is 16.1 Å². The van der Waals surface area contributed by atoms with Gasteiger partial charge in [-0.2, -0.15) is 0 Å². The van der Waals surface area contributed by atoms with Gasteiger partial charge in [0.25, 0.3) is 0 Å². The molecule has 0 bridgehead atoms. The molecule has 0 saturated carbocycles. The second-order valence-corrected chi connectivity index (χ2v) is 9.82. The van der Waals surface area contributed by atoms with E-state index >= 15 is 0 Å². The number of hydrogen-bond acceptors (Lipinski definition) is 3. The van der Waals surface area contributed by atoms with E-state index in [4.69, 9.17) is 32.7 Å². The quantitative estimate of drug-likeness (QED) is 0.252. The fourth-order valence-electron chi connectivity index (χ4n) is 4.25. The van der Waals surface area contributed by atoms with Crippen molar-refractivity contribution in [2.45, 2.75) is 25.6 Å². The van der Waals surface area contributed by atoms with Crippen LogP contribution >= 0.6 is 23.2 Å². The molecular weight excluding hydrogens is 524 g/mol. The molecule has 0 aromatic heterocycles. The Morgan fingerprint density at radius 2 is 1.39 bits per heavy atom. The lowest BCUT2D eigenvalue weighted by Gasteiger charge is -2.41. The van der Waals surface area contributed by atoms with E-state index in [1.807, 2.05) is 84.6 Å². The Labute approximate surface area is 232 Å². The summed E-state index contributed by atoms with van der Waals surface area (Å²) >= 11 is 12.2. The summed E-state index contributed by atoms with van der Waals surface area (Å²) in [5.74, 6) is 0.548. The molecule has 4 nitrogen and oxygen atoms in total. The summed E-state index contributed by atoms with van der Waals surface area (Å²) in [5.41, 5.74) is 4.03. The first kappa shape index (κ1) is 27.6. The van der Waals surface area contributed by atoms with Crippen molar-refractivity contribution in [3.63, 3.8) is 0 Å². The van der Waals surface area contributed by atoms with E-state index in [0.717, 1.165) is 28.0 Å². The van der Waals surface area contributed by atoms with Gasteiger partial charge in [0, 0.05) is 16.6 Å². The molecule has 1 fully saturated rings. The second kappa shape index (κ2) is 12.9. The molecule has 1 aliphatic heterocycles. The van der Waals surface area contributed by atoms with Gasteiger partial charge >= 0.3 is 0 Å². The van der Waals surface area contributed by atoms with Gasteiger partial charge in [0.1, 0.15) is 24.3 Å². The minimum Gasteiger partial charge on any atom is -0.497 e. The second-order valence-electron chi connectivity index (χ2n) is 8.94. The summed E-state index contributed by atoms with van der Waals surface area (Å²) in [6, 6.07) is 28.9. The molecule has 7 heteroatoms. The van der Waals surface area contributed by atoms with E-state index < -0.39 is 0 Å². The largest absolute Gasteiger partial charge is 0.497 e. The summed E-state index contributed by atoms with van der Waals surface area (Å²) in [7, 11) is 1.63. The normalized spacial score (nSPS) is 17.0. The first-order valence-electron chi connectivity index (χ1n) is 12.1. The van der Waals surface area contributed by atoms with Crippen LogP contribution in [0.15, 0.2) is 97.1 Å². The summed E-state index contributed by atoms with van der Waals surface area (Å²) in [6.45, 7) is 2.41. The standard InChI is InChI=1S/C24H21Cl2NO3.C7H7F/c1-29-21-12-2-16(3-13-21)14-27-22(28)15-30-24(18-6-10-20(26)11-7-18)23(27)17-4-8-19(25)9-5-17;1-6-2-4-7(8)5-3-6/h2-13,23-24H,14-15H2,1H3;2-5H,1H3. The number of halogens is 3. The Balaban J connectivity index is 0.000000360. The number of hydrogen-bond donors (Lipinski definition) is 0. The van der Waals surface area contributed by atoms with Crippen molar-refractivity contribution in [3.8, 4) is 5.75 Å². The maximum Gasteiger partial charge on any atom is 0.249 e. The average Bonchev–Trinajstić information content (AvgIpc) is 2.93. The van der Waals surface area contributed by atoms with Gasteiger partial charge in [0.05, 0.1) is 13.2 Å². The highest BCUT2D eigenvalue weighted by molar-refractivity contribution is 6.30. The molecule has 2 atom stereocenters. The van der Waals surface area contributed by atoms with E-state index in [1.165, 1.54) is 12.1 Å². The van der Waals surface area contributed by atoms with Crippen LogP contribution in [0.2, 0.25) is 10.0 Å². The molecule has 4 aromatic rings. The Morgan fingerprint density at radius 1 is 0.842 bits per heavy atom. The van der Waals surface area contributed by atoms with Crippen LogP contribution in [0.1, 0.15) is 34.4 Å². The number of rotatable bonds is 5. The Morgan fingerprint density at radius 3 is 1.92 bits per heavy atom. The third kappa shape index (κ3) is 7.13. The number of amides is 1. The number of benzene rings is 4. The Kier molecular flexibility index (Phi) is 9.40. The number of nitrogens with zero attached hydrogens (tertiary/aromatic N) is 1. The molecule has 0 radical (unpaired) electrons. The van der Waals surface area contributed by atoms with Crippen molar-refractivity contribution in [3.05, 3.63) is 135 Å². The fourth-order valence-corrected chi connectivity index (χ4v) is 4.50. The van der Waals surface area contributed by atoms with Gasteiger partial charge in [-0.05, 0) is 72.1 Å². The molecule has 0 aliphatic carbocycles. The van der Waals surface area contributed by atoms with Crippen LogP contribution in [0.5, 0.6) is 5.75 Å². The Bertz CT molecular complexity index is 1310. The number of methoxy groups -OCH3 is 1. The number of carbonyl (C=O) groups is 1. The third-order valence-corrected chi connectivity index (χ3v) is 6.77. The van der Waals surface area contributed by atoms with Crippen molar-refractivity contribution in [2.75, 3.05) is 13.7 Å². The predicted molar refractivity (Wildman–Crippen MR) is 149 cm³/mol. The van der Waals surface area contributed by atoms with Crippen molar-refractivity contribution < 1.29 is 18.7 Å². The maximum atomic E-state index is 12.9. The van der Waals surface area contributed by atoms with E-state index in [9.17, 15) is 9.18 Å². The van der Waals surface area contributed by atoms with Crippen LogP contribution in [0.3, 0.4) is 0 Å². The van der Waals surface area contributed by atoms with E-state index in [0.29, 0.717) is 16.6 Å². The molecule has 1 heterocycles. The van der Waals surface area contributed by atoms with Gasteiger partial charge in [-0.15, -0.1) is 0 Å². The van der Waals surface area contributed by atoms with Gasteiger partial charge in [0.2, 0.25) is 5.91 Å². The van der Waals surface area contributed by atoms with Crippen molar-refractivity contribution in [2.24, 2.45) is 0 Å². The minimum atomic E-state index is -0.320. The fraction of sp³-hybridized carbons (Fsp3) is 0.194. The maximum absolute atomic E-state index is 12.9. The van der Waals surface area contributed by atoms with E-state index in [1.54, 1.807) is 19.2 Å². The van der Waals surface area contributed by atoms with Crippen molar-refractivity contribution >= 4 is 29.1 Å². The topological polar surface area (TPSA) is 38.8 Å². The molecule has 4 aromatic carbocycles. The lowest BCUT2D eigenvalue weighted by atomic mass is 9.92. The molecule has 38 heavy (non-hydrogen) atoms. The van der Waals surface area contributed by atoms with Gasteiger partial charge < -0.3 is 14.4 Å². The highest BCUT2D eigenvalue weighted by atomic mass is 35.5. The molecule has 5 rings (SSSR count). The zero-order valence-electron chi connectivity index (χ0n) is 21.1. The molecule has 1 amide bonds. The van der Waals surface area contributed by atoms with Crippen LogP contribution in [0, 0.1) is 12.7 Å². The predicted octanol–water partition coefficient (Wildman–Crippen LogP) is 7.98. The molecule has 0 spiro atoms. The third-order valence-electron chi connectivity index (χ3n) is 6.26. The highest BCUT2D eigenvalue weighted by Gasteiger charge is 2.38. The number of aryl methyl sites for hydroxylation is 1. The molecular formula is C31H28Cl2FNO3. The molecule has 1 saturated heterocycles. The molecule has 1 aliphatic rings. The van der Waals surface area contributed by atoms with Crippen LogP contribution in [-0.4, -0.2) is 24.5 Å². The summed E-state index contributed by atoms with van der Waals surface area (Å²) in [6.07, 6.45) is -0.320. The number of morpholine rings is 1. The highest BCUT2D eigenvalue weighted by Crippen LogP contribution is 2.41. The summed E-state index contributed by atoms with van der Waals surface area (Å²) in [5, 5.41) is 1.30. The zero-order chi connectivity index (χ0) is 27.1. The van der Waals surface area contributed by atoms with Crippen LogP contribution in [0.4, 0.5) is 4.39 Å². The van der Waals surface area contributed by atoms with Crippen molar-refractivity contribution in [1.29, 1.82) is 0 Å². The SMILES string of the molecule is COc1ccc(CN2C(=O)COC(c3ccc(Cl)cc3)C2c2ccc(Cl)cc2)cc1.Cc1ccc(F)cc1. The molecule has 2 unspecified atom stereocenters. The smallest absolute Gasteiger partial charge is 0.249 e. The number of carbonyl (C=O) groups excluding carboxylic acids is 1. The van der Waals surface area contributed by atoms with Crippen LogP contribution in [0.25, 0.3) is 0 Å². The van der Waals surface area contributed by atoms with Crippen LogP contribution < -0.4 is 4.74 Å².